The maximum absolute atomic E-state index is 14.2. The molecule has 0 unspecified atom stereocenters. The van der Waals surface area contributed by atoms with E-state index in [2.05, 4.69) is 5.92 Å². The predicted molar refractivity (Wildman–Crippen MR) is 196 cm³/mol. The Bertz CT molecular complexity index is 1330. The van der Waals surface area contributed by atoms with Gasteiger partial charge in [-0.1, -0.05) is 20.8 Å². The number of rotatable bonds is 9. The molecule has 53 heavy (non-hydrogen) atoms. The topological polar surface area (TPSA) is 166 Å². The first-order valence-corrected chi connectivity index (χ1v) is 19.3. The van der Waals surface area contributed by atoms with E-state index in [4.69, 9.17) is 39.6 Å². The lowest BCUT2D eigenvalue weighted by molar-refractivity contribution is -0.317. The standard InChI is InChI=1S/C40H67NO12/c1-14-16-17-41(12)27-18-22(4)48-37(30(27)42)52-35-24(6)32(51-29-20-38(9,47-13)34(44)26(8)49-29)25(7)36(45)50-28(15-2)40(11,46)33(43)23(5)31-21(3)19-39(35,10)53-31/h1,22-30,32-35,37,42-44,46H,15-20H2,2-13H3/t22-,23+,24+,25-,26+,27+,28-,29+,30-,32+,33-,34+,35-,37+,38-,39-,40-/m1/s1. The largest absolute Gasteiger partial charge is 0.489 e. The second-order valence-corrected chi connectivity index (χ2v) is 16.8. The number of likely N-dealkylation sites (N-methyl/N-ethyl adjacent to an activating group) is 1. The third kappa shape index (κ3) is 8.93. The number of ether oxygens (including phenoxy) is 7. The zero-order valence-corrected chi connectivity index (χ0v) is 33.9. The number of terminal acetylenes is 1. The molecule has 13 nitrogen and oxygen atoms in total. The van der Waals surface area contributed by atoms with Crippen molar-refractivity contribution in [2.24, 2.45) is 17.8 Å². The van der Waals surface area contributed by atoms with E-state index in [1.54, 1.807) is 34.6 Å². The number of fused-ring (bicyclic) bond motifs is 2. The smallest absolute Gasteiger partial charge is 0.311 e. The summed E-state index contributed by atoms with van der Waals surface area (Å²) in [5, 5.41) is 46.2. The van der Waals surface area contributed by atoms with Crippen molar-refractivity contribution in [1.29, 1.82) is 0 Å². The molecule has 0 aromatic heterocycles. The number of methoxy groups -OCH3 is 1. The molecule has 0 spiro atoms. The number of carbonyl (C=O) groups excluding carboxylic acids is 1. The average Bonchev–Trinajstić information content (AvgIpc) is 3.42. The van der Waals surface area contributed by atoms with Crippen LogP contribution in [-0.2, 0) is 38.0 Å². The zero-order valence-electron chi connectivity index (χ0n) is 33.9. The molecule has 0 radical (unpaired) electrons. The fraction of sp³-hybridized carbons (Fsp3) is 0.875. The average molecular weight is 754 g/mol. The predicted octanol–water partition coefficient (Wildman–Crippen LogP) is 3.29. The molecule has 13 heteroatoms. The molecule has 0 saturated carbocycles. The highest BCUT2D eigenvalue weighted by atomic mass is 16.7. The Morgan fingerprint density at radius 1 is 1.02 bits per heavy atom. The normalized spacial score (nSPS) is 47.2. The molecule has 2 bridgehead atoms. The Hall–Kier alpha value is -1.83. The Morgan fingerprint density at radius 3 is 2.28 bits per heavy atom. The van der Waals surface area contributed by atoms with E-state index in [0.29, 0.717) is 31.6 Å². The molecule has 4 aliphatic rings. The van der Waals surface area contributed by atoms with Crippen LogP contribution in [0.3, 0.4) is 0 Å². The van der Waals surface area contributed by atoms with Crippen LogP contribution in [0.15, 0.2) is 11.3 Å². The second-order valence-electron chi connectivity index (χ2n) is 16.8. The summed E-state index contributed by atoms with van der Waals surface area (Å²) >= 11 is 0. The molecule has 17 atom stereocenters. The molecular weight excluding hydrogens is 686 g/mol. The minimum Gasteiger partial charge on any atom is -0.489 e. The number of nitrogens with zero attached hydrogens (tertiary/aromatic N) is 1. The van der Waals surface area contributed by atoms with E-state index in [-0.39, 0.29) is 25.0 Å². The van der Waals surface area contributed by atoms with Crippen molar-refractivity contribution >= 4 is 5.97 Å². The van der Waals surface area contributed by atoms with Crippen LogP contribution in [-0.4, -0.2) is 136 Å². The third-order valence-corrected chi connectivity index (χ3v) is 12.5. The van der Waals surface area contributed by atoms with Gasteiger partial charge < -0.3 is 53.6 Å². The molecule has 4 aliphatic heterocycles. The van der Waals surface area contributed by atoms with Gasteiger partial charge in [-0.25, -0.2) is 0 Å². The van der Waals surface area contributed by atoms with Crippen molar-refractivity contribution in [3.63, 3.8) is 0 Å². The summed E-state index contributed by atoms with van der Waals surface area (Å²) in [6.45, 7) is 18.5. The summed E-state index contributed by atoms with van der Waals surface area (Å²) in [5.41, 5.74) is -3.07. The first-order chi connectivity index (χ1) is 24.6. The van der Waals surface area contributed by atoms with Crippen molar-refractivity contribution in [3.05, 3.63) is 11.3 Å². The quantitative estimate of drug-likeness (QED) is 0.201. The van der Waals surface area contributed by atoms with Crippen molar-refractivity contribution < 1.29 is 58.4 Å². The highest BCUT2D eigenvalue weighted by Gasteiger charge is 2.56. The molecule has 3 fully saturated rings. The van der Waals surface area contributed by atoms with Gasteiger partial charge in [0.25, 0.3) is 0 Å². The van der Waals surface area contributed by atoms with Crippen molar-refractivity contribution in [1.82, 2.24) is 4.90 Å². The molecule has 4 N–H and O–H groups in total. The fourth-order valence-corrected chi connectivity index (χ4v) is 9.06. The minimum absolute atomic E-state index is 0.160. The summed E-state index contributed by atoms with van der Waals surface area (Å²) in [6, 6.07) is -0.311. The SMILES string of the molecule is C#CCCN(C)[C@H]1C[C@@H](C)O[C@@H](O[C@@H]2[C@@H](C)[C@H](O[C@H]3C[C@@](C)(OC)[C@@H](O)[C@H](C)O3)[C@@H](C)C(=O)O[C@H](CC)[C@@](C)(O)[C@H](O)[C@@H](C)C3=C(C)C[C@@]2(C)O3)[C@@H]1O. The Labute approximate surface area is 316 Å². The van der Waals surface area contributed by atoms with E-state index in [9.17, 15) is 25.2 Å². The molecule has 0 aromatic carbocycles. The first-order valence-electron chi connectivity index (χ1n) is 19.3. The van der Waals surface area contributed by atoms with Gasteiger partial charge in [0.1, 0.15) is 41.4 Å². The zero-order chi connectivity index (χ0) is 39.8. The summed E-state index contributed by atoms with van der Waals surface area (Å²) in [4.78, 5) is 16.2. The Balaban J connectivity index is 1.83. The maximum Gasteiger partial charge on any atom is 0.311 e. The monoisotopic (exact) mass is 753 g/mol. The van der Waals surface area contributed by atoms with Crippen LogP contribution in [0.4, 0.5) is 0 Å². The summed E-state index contributed by atoms with van der Waals surface area (Å²) in [7, 11) is 3.44. The summed E-state index contributed by atoms with van der Waals surface area (Å²) < 4.78 is 44.9. The molecule has 4 heterocycles. The summed E-state index contributed by atoms with van der Waals surface area (Å²) in [6.07, 6.45) is -1.70. The second kappa shape index (κ2) is 17.1. The number of hydrogen-bond acceptors (Lipinski definition) is 13. The number of cyclic esters (lactones) is 1. The first kappa shape index (κ1) is 43.9. The molecular formula is C40H67NO12. The molecule has 304 valence electrons. The number of carbonyl (C=O) groups is 1. The molecule has 0 aliphatic carbocycles. The maximum atomic E-state index is 14.2. The van der Waals surface area contributed by atoms with Gasteiger partial charge in [-0.2, -0.15) is 0 Å². The van der Waals surface area contributed by atoms with Crippen LogP contribution < -0.4 is 0 Å². The van der Waals surface area contributed by atoms with Crippen molar-refractivity contribution in [2.45, 2.75) is 186 Å². The van der Waals surface area contributed by atoms with Crippen LogP contribution in [0.25, 0.3) is 0 Å². The van der Waals surface area contributed by atoms with Crippen molar-refractivity contribution in [2.75, 3.05) is 20.7 Å². The highest BCUT2D eigenvalue weighted by molar-refractivity contribution is 5.73. The van der Waals surface area contributed by atoms with E-state index in [1.165, 1.54) is 14.0 Å². The van der Waals surface area contributed by atoms with Gasteiger partial charge >= 0.3 is 5.97 Å². The lowest BCUT2D eigenvalue weighted by atomic mass is 9.78. The lowest BCUT2D eigenvalue weighted by Crippen LogP contribution is -2.60. The number of aliphatic hydroxyl groups excluding tert-OH is 3. The van der Waals surface area contributed by atoms with Gasteiger partial charge in [0.15, 0.2) is 12.6 Å². The van der Waals surface area contributed by atoms with E-state index in [0.717, 1.165) is 5.57 Å². The van der Waals surface area contributed by atoms with Crippen LogP contribution >= 0.6 is 0 Å². The van der Waals surface area contributed by atoms with Crippen LogP contribution in [0, 0.1) is 30.1 Å². The van der Waals surface area contributed by atoms with Crippen molar-refractivity contribution in [3.8, 4) is 12.3 Å². The van der Waals surface area contributed by atoms with Crippen LogP contribution in [0.2, 0.25) is 0 Å². The molecule has 4 rings (SSSR count). The lowest BCUT2D eigenvalue weighted by Gasteiger charge is -2.48. The Kier molecular flexibility index (Phi) is 14.2. The van der Waals surface area contributed by atoms with Gasteiger partial charge in [0.2, 0.25) is 0 Å². The van der Waals surface area contributed by atoms with E-state index >= 15 is 0 Å². The van der Waals surface area contributed by atoms with E-state index < -0.39 is 95.8 Å². The molecule has 0 aromatic rings. The van der Waals surface area contributed by atoms with Gasteiger partial charge in [-0.05, 0) is 73.9 Å². The van der Waals surface area contributed by atoms with Crippen LogP contribution in [0.5, 0.6) is 0 Å². The molecule has 3 saturated heterocycles. The minimum atomic E-state index is -1.83. The number of aliphatic hydroxyl groups is 4. The van der Waals surface area contributed by atoms with Gasteiger partial charge in [-0.3, -0.25) is 9.69 Å². The Morgan fingerprint density at radius 2 is 1.68 bits per heavy atom. The fourth-order valence-electron chi connectivity index (χ4n) is 9.06. The number of hydrogen-bond donors (Lipinski definition) is 4. The highest BCUT2D eigenvalue weighted by Crippen LogP contribution is 2.47. The summed E-state index contributed by atoms with van der Waals surface area (Å²) in [5.74, 6) is 0.260. The number of esters is 1. The van der Waals surface area contributed by atoms with Crippen LogP contribution in [0.1, 0.15) is 101 Å². The van der Waals surface area contributed by atoms with Gasteiger partial charge in [-0.15, -0.1) is 12.3 Å². The molecule has 0 amide bonds. The van der Waals surface area contributed by atoms with E-state index in [1.807, 2.05) is 39.6 Å². The van der Waals surface area contributed by atoms with Gasteiger partial charge in [0.05, 0.1) is 35.9 Å². The van der Waals surface area contributed by atoms with Gasteiger partial charge in [0, 0.05) is 50.8 Å². The third-order valence-electron chi connectivity index (χ3n) is 12.5.